The van der Waals surface area contributed by atoms with Gasteiger partial charge in [0, 0.05) is 17.8 Å². The minimum absolute atomic E-state index is 0.0358. The molecule has 6 nitrogen and oxygen atoms in total. The molecule has 1 amide bonds. The van der Waals surface area contributed by atoms with Crippen molar-refractivity contribution < 1.29 is 17.6 Å². The third kappa shape index (κ3) is 5.53. The highest BCUT2D eigenvalue weighted by atomic mass is 32.2. The van der Waals surface area contributed by atoms with Gasteiger partial charge in [-0.05, 0) is 55.8 Å². The van der Waals surface area contributed by atoms with Crippen molar-refractivity contribution >= 4 is 21.6 Å². The summed E-state index contributed by atoms with van der Waals surface area (Å²) in [5.41, 5.74) is 6.18. The molecule has 0 radical (unpaired) electrons. The molecule has 0 unspecified atom stereocenters. The molecule has 0 fully saturated rings. The van der Waals surface area contributed by atoms with Crippen LogP contribution in [0.4, 0.5) is 10.1 Å². The quantitative estimate of drug-likeness (QED) is 0.685. The Balaban J connectivity index is 2.03. The number of anilines is 1. The normalized spacial score (nSPS) is 11.8. The number of halogens is 1. The van der Waals surface area contributed by atoms with E-state index in [-0.39, 0.29) is 17.2 Å². The van der Waals surface area contributed by atoms with E-state index >= 15 is 0 Å². The summed E-state index contributed by atoms with van der Waals surface area (Å²) in [6.45, 7) is 3.99. The summed E-state index contributed by atoms with van der Waals surface area (Å²) >= 11 is 0. The van der Waals surface area contributed by atoms with E-state index in [4.69, 9.17) is 5.73 Å². The molecule has 4 N–H and O–H groups in total. The number of rotatable bonds is 7. The van der Waals surface area contributed by atoms with Gasteiger partial charge in [0.1, 0.15) is 5.82 Å². The molecule has 26 heavy (non-hydrogen) atoms. The van der Waals surface area contributed by atoms with Crippen LogP contribution in [-0.2, 0) is 21.2 Å². The molecule has 2 rings (SSSR count). The molecule has 0 aliphatic heterocycles. The first-order valence-corrected chi connectivity index (χ1v) is 9.48. The SMILES string of the molecule is CC(C)(CN)NC(=O)Cc1ccc(NS(=O)(=O)c2ccc(F)cc2)cc1. The van der Waals surface area contributed by atoms with Crippen LogP contribution in [0.5, 0.6) is 0 Å². The van der Waals surface area contributed by atoms with E-state index in [0.717, 1.165) is 17.7 Å². The highest BCUT2D eigenvalue weighted by molar-refractivity contribution is 7.92. The average Bonchev–Trinajstić information content (AvgIpc) is 2.56. The number of nitrogens with one attached hydrogen (secondary N) is 2. The van der Waals surface area contributed by atoms with Crippen molar-refractivity contribution in [3.8, 4) is 0 Å². The highest BCUT2D eigenvalue weighted by Crippen LogP contribution is 2.17. The number of amides is 1. The molecule has 0 spiro atoms. The Labute approximate surface area is 152 Å². The van der Waals surface area contributed by atoms with Crippen molar-refractivity contribution in [2.75, 3.05) is 11.3 Å². The van der Waals surface area contributed by atoms with Crippen LogP contribution in [0.15, 0.2) is 53.4 Å². The summed E-state index contributed by atoms with van der Waals surface area (Å²) < 4.78 is 39.8. The van der Waals surface area contributed by atoms with Crippen molar-refractivity contribution in [1.82, 2.24) is 5.32 Å². The number of carbonyl (C=O) groups excluding carboxylic acids is 1. The minimum Gasteiger partial charge on any atom is -0.350 e. The van der Waals surface area contributed by atoms with Crippen molar-refractivity contribution in [3.05, 3.63) is 59.9 Å². The van der Waals surface area contributed by atoms with Crippen molar-refractivity contribution in [3.63, 3.8) is 0 Å². The number of hydrogen-bond acceptors (Lipinski definition) is 4. The zero-order valence-electron chi connectivity index (χ0n) is 14.6. The fourth-order valence-electron chi connectivity index (χ4n) is 2.18. The van der Waals surface area contributed by atoms with Crippen LogP contribution in [0.3, 0.4) is 0 Å². The summed E-state index contributed by atoms with van der Waals surface area (Å²) in [4.78, 5) is 12.0. The monoisotopic (exact) mass is 379 g/mol. The van der Waals surface area contributed by atoms with E-state index in [1.54, 1.807) is 24.3 Å². The van der Waals surface area contributed by atoms with Gasteiger partial charge in [-0.15, -0.1) is 0 Å². The second kappa shape index (κ2) is 7.84. The van der Waals surface area contributed by atoms with Gasteiger partial charge in [-0.25, -0.2) is 12.8 Å². The van der Waals surface area contributed by atoms with E-state index in [1.165, 1.54) is 12.1 Å². The van der Waals surface area contributed by atoms with Gasteiger partial charge in [-0.3, -0.25) is 9.52 Å². The minimum atomic E-state index is -3.80. The lowest BCUT2D eigenvalue weighted by atomic mass is 10.0. The Hall–Kier alpha value is -2.45. The Morgan fingerprint density at radius 3 is 2.19 bits per heavy atom. The van der Waals surface area contributed by atoms with Gasteiger partial charge in [-0.1, -0.05) is 12.1 Å². The van der Waals surface area contributed by atoms with Gasteiger partial charge in [0.25, 0.3) is 10.0 Å². The van der Waals surface area contributed by atoms with Crippen LogP contribution < -0.4 is 15.8 Å². The molecule has 0 aliphatic carbocycles. The number of sulfonamides is 1. The first-order chi connectivity index (χ1) is 12.1. The lowest BCUT2D eigenvalue weighted by molar-refractivity contribution is -0.121. The maximum atomic E-state index is 12.9. The predicted octanol–water partition coefficient (Wildman–Crippen LogP) is 2.02. The maximum absolute atomic E-state index is 12.9. The van der Waals surface area contributed by atoms with Crippen molar-refractivity contribution in [1.29, 1.82) is 0 Å². The topological polar surface area (TPSA) is 101 Å². The Morgan fingerprint density at radius 1 is 1.08 bits per heavy atom. The Bertz CT molecular complexity index is 864. The van der Waals surface area contributed by atoms with E-state index in [0.29, 0.717) is 12.2 Å². The van der Waals surface area contributed by atoms with Crippen molar-refractivity contribution in [2.24, 2.45) is 5.73 Å². The summed E-state index contributed by atoms with van der Waals surface area (Å²) in [6.07, 6.45) is 0.161. The molecule has 0 heterocycles. The molecular weight excluding hydrogens is 357 g/mol. The van der Waals surface area contributed by atoms with Gasteiger partial charge in [-0.2, -0.15) is 0 Å². The lowest BCUT2D eigenvalue weighted by Crippen LogP contribution is -2.49. The molecule has 0 saturated carbocycles. The summed E-state index contributed by atoms with van der Waals surface area (Å²) in [7, 11) is -3.80. The fourth-order valence-corrected chi connectivity index (χ4v) is 3.24. The molecule has 140 valence electrons. The van der Waals surface area contributed by atoms with Gasteiger partial charge < -0.3 is 11.1 Å². The predicted molar refractivity (Wildman–Crippen MR) is 98.6 cm³/mol. The second-order valence-electron chi connectivity index (χ2n) is 6.57. The van der Waals surface area contributed by atoms with Crippen LogP contribution in [0, 0.1) is 5.82 Å². The van der Waals surface area contributed by atoms with Crippen LogP contribution >= 0.6 is 0 Å². The number of carbonyl (C=O) groups is 1. The molecule has 2 aromatic carbocycles. The summed E-state index contributed by atoms with van der Waals surface area (Å²) in [5.74, 6) is -0.676. The Morgan fingerprint density at radius 2 is 1.65 bits per heavy atom. The zero-order chi connectivity index (χ0) is 19.4. The van der Waals surface area contributed by atoms with Gasteiger partial charge in [0.2, 0.25) is 5.91 Å². The molecule has 0 saturated heterocycles. The van der Waals surface area contributed by atoms with Crippen LogP contribution in [-0.4, -0.2) is 26.4 Å². The van der Waals surface area contributed by atoms with Gasteiger partial charge in [0.05, 0.1) is 11.3 Å². The standard InChI is InChI=1S/C18H22FN3O3S/c1-18(2,12-20)21-17(23)11-13-3-7-15(8-4-13)22-26(24,25)16-9-5-14(19)6-10-16/h3-10,22H,11-12,20H2,1-2H3,(H,21,23). The average molecular weight is 379 g/mol. The summed E-state index contributed by atoms with van der Waals surface area (Å²) in [6, 6.07) is 11.0. The summed E-state index contributed by atoms with van der Waals surface area (Å²) in [5, 5.41) is 2.83. The molecule has 8 heteroatoms. The van der Waals surface area contributed by atoms with Gasteiger partial charge >= 0.3 is 0 Å². The largest absolute Gasteiger partial charge is 0.350 e. The zero-order valence-corrected chi connectivity index (χ0v) is 15.4. The molecule has 0 atom stereocenters. The smallest absolute Gasteiger partial charge is 0.261 e. The maximum Gasteiger partial charge on any atom is 0.261 e. The van der Waals surface area contributed by atoms with E-state index in [1.807, 2.05) is 13.8 Å². The third-order valence-corrected chi connectivity index (χ3v) is 5.08. The highest BCUT2D eigenvalue weighted by Gasteiger charge is 2.18. The number of nitrogens with two attached hydrogens (primary N) is 1. The molecule has 0 aromatic heterocycles. The van der Waals surface area contributed by atoms with Crippen LogP contribution in [0.25, 0.3) is 0 Å². The van der Waals surface area contributed by atoms with Crippen molar-refractivity contribution in [2.45, 2.75) is 30.7 Å². The van der Waals surface area contributed by atoms with Gasteiger partial charge in [0.15, 0.2) is 0 Å². The molecular formula is C18H22FN3O3S. The molecule has 2 aromatic rings. The third-order valence-electron chi connectivity index (χ3n) is 3.68. The number of benzene rings is 2. The molecule has 0 bridgehead atoms. The molecule has 0 aliphatic rings. The van der Waals surface area contributed by atoms with E-state index in [9.17, 15) is 17.6 Å². The first-order valence-electron chi connectivity index (χ1n) is 8.00. The number of hydrogen-bond donors (Lipinski definition) is 3. The van der Waals surface area contributed by atoms with E-state index < -0.39 is 21.4 Å². The first kappa shape index (κ1) is 19.9. The fraction of sp³-hybridized carbons (Fsp3) is 0.278. The van der Waals surface area contributed by atoms with Crippen LogP contribution in [0.1, 0.15) is 19.4 Å². The Kier molecular flexibility index (Phi) is 5.99. The van der Waals surface area contributed by atoms with Crippen LogP contribution in [0.2, 0.25) is 0 Å². The second-order valence-corrected chi connectivity index (χ2v) is 8.25. The van der Waals surface area contributed by atoms with E-state index in [2.05, 4.69) is 10.0 Å². The lowest BCUT2D eigenvalue weighted by Gasteiger charge is -2.24.